The Bertz CT molecular complexity index is 513. The van der Waals surface area contributed by atoms with E-state index in [1.165, 1.54) is 0 Å². The van der Waals surface area contributed by atoms with Crippen LogP contribution in [0.1, 0.15) is 0 Å². The minimum atomic E-state index is -7.97. The Morgan fingerprint density at radius 1 is 0.556 bits per heavy atom. The van der Waals surface area contributed by atoms with Crippen LogP contribution in [0, 0.1) is 0 Å². The topological polar surface area (TPSA) is 9.23 Å². The van der Waals surface area contributed by atoms with Crippen molar-refractivity contribution in [3.8, 4) is 0 Å². The molecule has 0 aliphatic heterocycles. The van der Waals surface area contributed by atoms with Crippen LogP contribution in [-0.4, -0.2) is 54.9 Å². The Morgan fingerprint density at radius 2 is 0.926 bits per heavy atom. The molecule has 0 unspecified atom stereocenters. The van der Waals surface area contributed by atoms with Gasteiger partial charge in [0.2, 0.25) is 0 Å². The first kappa shape index (κ1) is 25.8. The number of alkyl halides is 17. The molecule has 0 amide bonds. The van der Waals surface area contributed by atoms with Crippen molar-refractivity contribution in [1.82, 2.24) is 0 Å². The molecular weight excluding hydrogens is 447 g/mol. The van der Waals surface area contributed by atoms with Crippen molar-refractivity contribution in [1.29, 1.82) is 0 Å². The lowest BCUT2D eigenvalue weighted by Crippen LogP contribution is -2.67. The van der Waals surface area contributed by atoms with Crippen molar-refractivity contribution in [2.75, 3.05) is 6.61 Å². The minimum Gasteiger partial charge on any atom is -0.311 e. The van der Waals surface area contributed by atoms with E-state index in [1.54, 1.807) is 0 Å². The summed E-state index contributed by atoms with van der Waals surface area (Å²) < 4.78 is 212. The van der Waals surface area contributed by atoms with Crippen LogP contribution >= 0.6 is 0 Å². The summed E-state index contributed by atoms with van der Waals surface area (Å²) in [6, 6.07) is 0. The van der Waals surface area contributed by atoms with E-state index in [-0.39, 0.29) is 0 Å². The average Bonchev–Trinajstić information content (AvgIpc) is 2.41. The molecule has 1 nitrogen and oxygen atoms in total. The normalized spacial score (nSPS) is 17.2. The number of rotatable bonds is 7. The summed E-state index contributed by atoms with van der Waals surface area (Å²) >= 11 is 0. The molecule has 0 rings (SSSR count). The molecule has 0 saturated carbocycles. The first-order chi connectivity index (χ1) is 11.4. The van der Waals surface area contributed by atoms with Crippen LogP contribution in [-0.2, 0) is 4.74 Å². The predicted molar refractivity (Wildman–Crippen MR) is 47.7 cm³/mol. The summed E-state index contributed by atoms with van der Waals surface area (Å²) in [7, 11) is 0. The van der Waals surface area contributed by atoms with Gasteiger partial charge in [-0.1, -0.05) is 0 Å². The maximum Gasteiger partial charge on any atom is 0.460 e. The molecule has 0 aromatic rings. The van der Waals surface area contributed by atoms with E-state index in [2.05, 4.69) is 4.74 Å². The zero-order valence-corrected chi connectivity index (χ0v) is 11.6. The third-order valence-electron chi connectivity index (χ3n) is 2.63. The van der Waals surface area contributed by atoms with Gasteiger partial charge < -0.3 is 4.74 Å². The van der Waals surface area contributed by atoms with Crippen molar-refractivity contribution in [2.24, 2.45) is 0 Å². The highest BCUT2D eigenvalue weighted by atomic mass is 19.4. The summed E-state index contributed by atoms with van der Waals surface area (Å²) in [6.07, 6.45) is -25.9. The Hall–Kier alpha value is -1.23. The number of hydrogen-bond donors (Lipinski definition) is 0. The molecule has 1 atom stereocenters. The molecule has 0 aliphatic carbocycles. The molecule has 0 heterocycles. The van der Waals surface area contributed by atoms with E-state index in [0.29, 0.717) is 0 Å². The van der Waals surface area contributed by atoms with Gasteiger partial charge in [-0.15, -0.1) is 0 Å². The second kappa shape index (κ2) is 6.68. The maximum atomic E-state index is 12.9. The molecule has 0 radical (unpaired) electrons. The number of ether oxygens (including phenoxy) is 1. The zero-order valence-electron chi connectivity index (χ0n) is 11.6. The van der Waals surface area contributed by atoms with Gasteiger partial charge in [0, 0.05) is 0 Å². The zero-order chi connectivity index (χ0) is 22.5. The summed E-state index contributed by atoms with van der Waals surface area (Å²) in [4.78, 5) is 0. The lowest BCUT2D eigenvalue weighted by atomic mass is 9.98. The molecule has 0 fully saturated rings. The van der Waals surface area contributed by atoms with Crippen LogP contribution in [0.5, 0.6) is 0 Å². The monoisotopic (exact) mass is 450 g/mol. The van der Waals surface area contributed by atoms with Crippen molar-refractivity contribution in [2.45, 2.75) is 48.3 Å². The Labute approximate surface area is 136 Å². The molecule has 164 valence electrons. The molecule has 0 spiro atoms. The lowest BCUT2D eigenvalue weighted by Gasteiger charge is -2.37. The Morgan fingerprint density at radius 3 is 1.22 bits per heavy atom. The predicted octanol–water partition coefficient (Wildman–Crippen LogP) is 5.60. The summed E-state index contributed by atoms with van der Waals surface area (Å²) in [6.45, 7) is -3.98. The fraction of sp³-hybridized carbons (Fsp3) is 1.00. The van der Waals surface area contributed by atoms with Crippen LogP contribution < -0.4 is 0 Å². The van der Waals surface area contributed by atoms with Gasteiger partial charge >= 0.3 is 42.2 Å². The quantitative estimate of drug-likeness (QED) is 0.459. The summed E-state index contributed by atoms with van der Waals surface area (Å²) in [5.74, 6) is -30.6. The number of halogens is 17. The second-order valence-corrected chi connectivity index (χ2v) is 4.68. The third kappa shape index (κ3) is 4.44. The Kier molecular flexibility index (Phi) is 6.38. The van der Waals surface area contributed by atoms with Crippen LogP contribution in [0.2, 0.25) is 0 Å². The minimum absolute atomic E-state index is 2.14. The van der Waals surface area contributed by atoms with E-state index >= 15 is 0 Å². The molecule has 0 aromatic carbocycles. The molecule has 0 aromatic heterocycles. The van der Waals surface area contributed by atoms with Gasteiger partial charge in [-0.2, -0.15) is 70.2 Å². The van der Waals surface area contributed by atoms with Crippen molar-refractivity contribution in [3.63, 3.8) is 0 Å². The Balaban J connectivity index is 5.75. The van der Waals surface area contributed by atoms with Gasteiger partial charge in [0.15, 0.2) is 0 Å². The highest BCUT2D eigenvalue weighted by Gasteiger charge is 2.87. The van der Waals surface area contributed by atoms with Gasteiger partial charge in [0.25, 0.3) is 6.17 Å². The average molecular weight is 450 g/mol. The highest BCUT2D eigenvalue weighted by molar-refractivity contribution is 5.06. The van der Waals surface area contributed by atoms with E-state index in [0.717, 1.165) is 0 Å². The molecule has 18 heteroatoms. The fourth-order valence-corrected chi connectivity index (χ4v) is 1.15. The van der Waals surface area contributed by atoms with Crippen molar-refractivity contribution in [3.05, 3.63) is 0 Å². The smallest absolute Gasteiger partial charge is 0.311 e. The van der Waals surface area contributed by atoms with Crippen LogP contribution in [0.25, 0.3) is 0 Å². The molecule has 0 N–H and O–H groups in total. The van der Waals surface area contributed by atoms with Gasteiger partial charge in [0.05, 0.1) is 0 Å². The van der Waals surface area contributed by atoms with Crippen LogP contribution in [0.4, 0.5) is 74.6 Å². The molecule has 0 bridgehead atoms. The standard InChI is InChI=1S/C9H3F17O/c10-2(4(13,14)15)5(16,17)27-1-3(11,12)6(18,19)7(20,21)8(22,23)9(24,25)26/h2H,1H2/t2-/m1/s1. The van der Waals surface area contributed by atoms with E-state index in [1.807, 2.05) is 0 Å². The third-order valence-corrected chi connectivity index (χ3v) is 2.63. The van der Waals surface area contributed by atoms with E-state index in [4.69, 9.17) is 0 Å². The second-order valence-electron chi connectivity index (χ2n) is 4.68. The fourth-order valence-electron chi connectivity index (χ4n) is 1.15. The van der Waals surface area contributed by atoms with Gasteiger partial charge in [-0.25, -0.2) is 4.39 Å². The van der Waals surface area contributed by atoms with Gasteiger partial charge in [-0.3, -0.25) is 0 Å². The molecular formula is C9H3F17O. The first-order valence-electron chi connectivity index (χ1n) is 5.67. The SMILES string of the molecule is F[C@H](C(F)(F)F)C(F)(F)OCC(F)(F)C(F)(F)C(F)(F)C(F)(F)C(F)(F)F. The molecule has 27 heavy (non-hydrogen) atoms. The maximum absolute atomic E-state index is 12.9. The van der Waals surface area contributed by atoms with E-state index < -0.39 is 54.9 Å². The van der Waals surface area contributed by atoms with Gasteiger partial charge in [-0.05, 0) is 0 Å². The number of hydrogen-bond acceptors (Lipinski definition) is 1. The lowest BCUT2D eigenvalue weighted by molar-refractivity contribution is -0.431. The van der Waals surface area contributed by atoms with Crippen molar-refractivity contribution >= 4 is 0 Å². The summed E-state index contributed by atoms with van der Waals surface area (Å²) in [5.41, 5.74) is 0. The largest absolute Gasteiger partial charge is 0.460 e. The first-order valence-corrected chi connectivity index (χ1v) is 5.67. The summed E-state index contributed by atoms with van der Waals surface area (Å²) in [5, 5.41) is 0. The molecule has 0 aliphatic rings. The van der Waals surface area contributed by atoms with Gasteiger partial charge in [0.1, 0.15) is 6.61 Å². The van der Waals surface area contributed by atoms with Crippen LogP contribution in [0.3, 0.4) is 0 Å². The van der Waals surface area contributed by atoms with Crippen LogP contribution in [0.15, 0.2) is 0 Å². The molecule has 0 saturated heterocycles. The van der Waals surface area contributed by atoms with Crippen molar-refractivity contribution < 1.29 is 79.4 Å². The highest BCUT2D eigenvalue weighted by Crippen LogP contribution is 2.57. The van der Waals surface area contributed by atoms with E-state index in [9.17, 15) is 74.6 Å².